The number of pyridine rings is 1. The highest BCUT2D eigenvalue weighted by molar-refractivity contribution is 5.93. The molecule has 0 radical (unpaired) electrons. The van der Waals surface area contributed by atoms with Crippen molar-refractivity contribution in [3.63, 3.8) is 0 Å². The summed E-state index contributed by atoms with van der Waals surface area (Å²) < 4.78 is 13.4. The highest BCUT2D eigenvalue weighted by Crippen LogP contribution is 2.19. The van der Waals surface area contributed by atoms with Crippen LogP contribution in [0.25, 0.3) is 11.3 Å². The number of amides is 1. The lowest BCUT2D eigenvalue weighted by molar-refractivity contribution is 0.0945. The highest BCUT2D eigenvalue weighted by atomic mass is 19.1. The van der Waals surface area contributed by atoms with Crippen LogP contribution in [0.4, 0.5) is 4.39 Å². The van der Waals surface area contributed by atoms with E-state index < -0.39 is 11.6 Å². The van der Waals surface area contributed by atoms with Gasteiger partial charge in [0.25, 0.3) is 5.91 Å². The molecule has 2 heterocycles. The van der Waals surface area contributed by atoms with Gasteiger partial charge < -0.3 is 10.3 Å². The number of H-pyrrole nitrogens is 1. The average molecular weight is 338 g/mol. The molecule has 3 aromatic rings. The van der Waals surface area contributed by atoms with Gasteiger partial charge in [-0.05, 0) is 48.4 Å². The van der Waals surface area contributed by atoms with Crippen LogP contribution in [0.3, 0.4) is 0 Å². The van der Waals surface area contributed by atoms with Crippen LogP contribution in [0, 0.1) is 12.7 Å². The van der Waals surface area contributed by atoms with E-state index in [1.807, 2.05) is 6.07 Å². The summed E-state index contributed by atoms with van der Waals surface area (Å²) in [6, 6.07) is 9.46. The fourth-order valence-electron chi connectivity index (χ4n) is 2.31. The van der Waals surface area contributed by atoms with Crippen LogP contribution < -0.4 is 11.0 Å². The molecule has 126 valence electrons. The van der Waals surface area contributed by atoms with E-state index in [1.165, 1.54) is 18.2 Å². The van der Waals surface area contributed by atoms with Gasteiger partial charge in [0.15, 0.2) is 0 Å². The summed E-state index contributed by atoms with van der Waals surface area (Å²) in [6.07, 6.45) is 3.28. The Balaban J connectivity index is 1.84. The second-order valence-electron chi connectivity index (χ2n) is 5.49. The lowest BCUT2D eigenvalue weighted by Crippen LogP contribution is -2.27. The van der Waals surface area contributed by atoms with Crippen LogP contribution in [0.2, 0.25) is 0 Å². The van der Waals surface area contributed by atoms with E-state index in [0.717, 1.165) is 5.56 Å². The molecule has 0 atom stereocenters. The van der Waals surface area contributed by atoms with Gasteiger partial charge in [-0.2, -0.15) is 4.98 Å². The predicted octanol–water partition coefficient (Wildman–Crippen LogP) is 2.21. The third-order valence-corrected chi connectivity index (χ3v) is 3.62. The van der Waals surface area contributed by atoms with Crippen molar-refractivity contribution < 1.29 is 9.18 Å². The van der Waals surface area contributed by atoms with Gasteiger partial charge in [-0.25, -0.2) is 9.18 Å². The number of nitrogens with one attached hydrogen (secondary N) is 2. The Morgan fingerprint density at radius 2 is 2.12 bits per heavy atom. The van der Waals surface area contributed by atoms with E-state index in [9.17, 15) is 14.0 Å². The molecule has 2 N–H and O–H groups in total. The second kappa shape index (κ2) is 7.04. The molecule has 2 aromatic heterocycles. The minimum absolute atomic E-state index is 0.0841. The molecular weight excluding hydrogens is 323 g/mol. The quantitative estimate of drug-likeness (QED) is 0.763. The van der Waals surface area contributed by atoms with Crippen molar-refractivity contribution >= 4 is 5.91 Å². The molecule has 0 saturated carbocycles. The number of hydrogen-bond acceptors (Lipinski definition) is 4. The zero-order valence-corrected chi connectivity index (χ0v) is 13.4. The Hall–Kier alpha value is -3.35. The number of rotatable bonds is 4. The van der Waals surface area contributed by atoms with Gasteiger partial charge in [0.2, 0.25) is 0 Å². The number of hydrogen-bond donors (Lipinski definition) is 2. The van der Waals surface area contributed by atoms with Crippen LogP contribution in [0.15, 0.2) is 53.6 Å². The molecule has 7 heteroatoms. The van der Waals surface area contributed by atoms with Gasteiger partial charge in [-0.1, -0.05) is 6.07 Å². The number of aromatic nitrogens is 3. The van der Waals surface area contributed by atoms with Gasteiger partial charge in [-0.15, -0.1) is 0 Å². The standard InChI is InChI=1S/C18H15FN4O2/c1-11-7-13(4-5-14(11)19)15-8-16(23-18(25)22-15)17(24)21-10-12-3-2-6-20-9-12/h2-9H,10H2,1H3,(H,21,24)(H,22,23,25). The number of carbonyl (C=O) groups is 1. The molecule has 6 nitrogen and oxygen atoms in total. The van der Waals surface area contributed by atoms with Crippen LogP contribution in [-0.2, 0) is 6.54 Å². The minimum atomic E-state index is -0.647. The summed E-state index contributed by atoms with van der Waals surface area (Å²) in [5, 5.41) is 2.70. The Morgan fingerprint density at radius 1 is 1.28 bits per heavy atom. The maximum absolute atomic E-state index is 13.4. The topological polar surface area (TPSA) is 87.7 Å². The number of halogens is 1. The summed E-state index contributed by atoms with van der Waals surface area (Å²) in [4.78, 5) is 34.3. The molecule has 0 unspecified atom stereocenters. The van der Waals surface area contributed by atoms with Crippen molar-refractivity contribution in [3.05, 3.63) is 81.9 Å². The van der Waals surface area contributed by atoms with Crippen molar-refractivity contribution in [2.45, 2.75) is 13.5 Å². The first-order valence-corrected chi connectivity index (χ1v) is 7.58. The summed E-state index contributed by atoms with van der Waals surface area (Å²) >= 11 is 0. The van der Waals surface area contributed by atoms with Crippen LogP contribution in [-0.4, -0.2) is 20.9 Å². The molecule has 0 aliphatic rings. The first-order chi connectivity index (χ1) is 12.0. The van der Waals surface area contributed by atoms with Crippen molar-refractivity contribution in [1.29, 1.82) is 0 Å². The lowest BCUT2D eigenvalue weighted by Gasteiger charge is -2.07. The molecule has 3 rings (SSSR count). The molecule has 0 saturated heterocycles. The van der Waals surface area contributed by atoms with E-state index in [1.54, 1.807) is 31.5 Å². The molecule has 0 spiro atoms. The number of aromatic amines is 1. The monoisotopic (exact) mass is 338 g/mol. The predicted molar refractivity (Wildman–Crippen MR) is 90.4 cm³/mol. The maximum atomic E-state index is 13.4. The van der Waals surface area contributed by atoms with E-state index in [4.69, 9.17) is 0 Å². The van der Waals surface area contributed by atoms with Crippen molar-refractivity contribution in [2.24, 2.45) is 0 Å². The Kier molecular flexibility index (Phi) is 4.65. The minimum Gasteiger partial charge on any atom is -0.347 e. The van der Waals surface area contributed by atoms with Gasteiger partial charge in [0, 0.05) is 24.5 Å². The van der Waals surface area contributed by atoms with Crippen molar-refractivity contribution in [2.75, 3.05) is 0 Å². The zero-order valence-electron chi connectivity index (χ0n) is 13.4. The maximum Gasteiger partial charge on any atom is 0.346 e. The number of carbonyl (C=O) groups excluding carboxylic acids is 1. The van der Waals surface area contributed by atoms with Crippen LogP contribution in [0.5, 0.6) is 0 Å². The molecule has 0 aliphatic heterocycles. The molecule has 25 heavy (non-hydrogen) atoms. The third-order valence-electron chi connectivity index (χ3n) is 3.62. The Morgan fingerprint density at radius 3 is 2.84 bits per heavy atom. The summed E-state index contributed by atoms with van der Waals surface area (Å²) in [5.41, 5.74) is 1.57. The van der Waals surface area contributed by atoms with E-state index in [2.05, 4.69) is 20.3 Å². The smallest absolute Gasteiger partial charge is 0.346 e. The molecule has 1 amide bonds. The summed E-state index contributed by atoms with van der Waals surface area (Å²) in [5.74, 6) is -0.786. The van der Waals surface area contributed by atoms with Crippen LogP contribution in [0.1, 0.15) is 21.6 Å². The van der Waals surface area contributed by atoms with Crippen molar-refractivity contribution in [3.8, 4) is 11.3 Å². The first-order valence-electron chi connectivity index (χ1n) is 7.58. The highest BCUT2D eigenvalue weighted by Gasteiger charge is 2.11. The van der Waals surface area contributed by atoms with E-state index >= 15 is 0 Å². The first kappa shape index (κ1) is 16.5. The fourth-order valence-corrected chi connectivity index (χ4v) is 2.31. The van der Waals surface area contributed by atoms with Crippen molar-refractivity contribution in [1.82, 2.24) is 20.3 Å². The zero-order chi connectivity index (χ0) is 17.8. The molecule has 0 fully saturated rings. The average Bonchev–Trinajstić information content (AvgIpc) is 2.62. The van der Waals surface area contributed by atoms with Gasteiger partial charge in [-0.3, -0.25) is 9.78 Å². The van der Waals surface area contributed by atoms with Gasteiger partial charge in [0.1, 0.15) is 11.5 Å². The molecular formula is C18H15FN4O2. The molecule has 0 bridgehead atoms. The summed E-state index contributed by atoms with van der Waals surface area (Å²) in [6.45, 7) is 1.90. The fraction of sp³-hybridized carbons (Fsp3) is 0.111. The molecule has 0 aliphatic carbocycles. The molecule has 1 aromatic carbocycles. The lowest BCUT2D eigenvalue weighted by atomic mass is 10.1. The van der Waals surface area contributed by atoms with E-state index in [0.29, 0.717) is 16.8 Å². The summed E-state index contributed by atoms with van der Waals surface area (Å²) in [7, 11) is 0. The normalized spacial score (nSPS) is 10.5. The number of benzene rings is 1. The largest absolute Gasteiger partial charge is 0.347 e. The Bertz CT molecular complexity index is 970. The Labute approximate surface area is 142 Å². The number of nitrogens with zero attached hydrogens (tertiary/aromatic N) is 2. The third kappa shape index (κ3) is 3.95. The number of aryl methyl sites for hydroxylation is 1. The van der Waals surface area contributed by atoms with E-state index in [-0.39, 0.29) is 18.1 Å². The van der Waals surface area contributed by atoms with Gasteiger partial charge >= 0.3 is 5.69 Å². The SMILES string of the molecule is Cc1cc(-c2cc(C(=O)NCc3cccnc3)[nH]c(=O)n2)ccc1F. The van der Waals surface area contributed by atoms with Gasteiger partial charge in [0.05, 0.1) is 5.69 Å². The second-order valence-corrected chi connectivity index (χ2v) is 5.49. The van der Waals surface area contributed by atoms with Crippen LogP contribution >= 0.6 is 0 Å².